The van der Waals surface area contributed by atoms with E-state index in [0.29, 0.717) is 12.6 Å². The molecular weight excluding hydrogens is 258 g/mol. The number of aromatic nitrogens is 1. The van der Waals surface area contributed by atoms with Gasteiger partial charge in [-0.15, -0.1) is 11.3 Å². The van der Waals surface area contributed by atoms with Crippen LogP contribution in [0.3, 0.4) is 0 Å². The molecule has 0 radical (unpaired) electrons. The van der Waals surface area contributed by atoms with Crippen molar-refractivity contribution in [3.8, 4) is 0 Å². The summed E-state index contributed by atoms with van der Waals surface area (Å²) in [7, 11) is 3.87. The van der Waals surface area contributed by atoms with Gasteiger partial charge < -0.3 is 15.0 Å². The number of nitrogens with one attached hydrogen (secondary N) is 1. The van der Waals surface area contributed by atoms with Crippen LogP contribution in [-0.4, -0.2) is 31.7 Å². The van der Waals surface area contributed by atoms with Gasteiger partial charge in [0.15, 0.2) is 5.13 Å². The third kappa shape index (κ3) is 4.44. The minimum atomic E-state index is 0.491. The van der Waals surface area contributed by atoms with Crippen LogP contribution in [0.5, 0.6) is 0 Å². The highest BCUT2D eigenvalue weighted by molar-refractivity contribution is 7.15. The van der Waals surface area contributed by atoms with Gasteiger partial charge in [0.25, 0.3) is 0 Å². The van der Waals surface area contributed by atoms with E-state index in [4.69, 9.17) is 9.72 Å². The average Bonchev–Trinajstić information content (AvgIpc) is 3.06. The molecule has 1 aliphatic carbocycles. The van der Waals surface area contributed by atoms with Gasteiger partial charge in [-0.05, 0) is 18.8 Å². The van der Waals surface area contributed by atoms with Gasteiger partial charge >= 0.3 is 0 Å². The molecular formula is C14H25N3OS. The zero-order valence-corrected chi connectivity index (χ0v) is 13.2. The molecule has 0 unspecified atom stereocenters. The Morgan fingerprint density at radius 3 is 2.79 bits per heavy atom. The van der Waals surface area contributed by atoms with Crippen molar-refractivity contribution in [2.75, 3.05) is 25.6 Å². The average molecular weight is 283 g/mol. The largest absolute Gasteiger partial charge is 0.378 e. The fraction of sp³-hybridized carbons (Fsp3) is 0.786. The first kappa shape index (κ1) is 14.8. The maximum atomic E-state index is 5.26. The van der Waals surface area contributed by atoms with Crippen molar-refractivity contribution in [1.82, 2.24) is 10.3 Å². The second-order valence-corrected chi connectivity index (χ2v) is 6.72. The van der Waals surface area contributed by atoms with Crippen molar-refractivity contribution >= 4 is 16.5 Å². The van der Waals surface area contributed by atoms with Crippen LogP contribution < -0.4 is 10.2 Å². The van der Waals surface area contributed by atoms with Crippen LogP contribution in [0.25, 0.3) is 0 Å². The van der Waals surface area contributed by atoms with Crippen LogP contribution in [0.15, 0.2) is 0 Å². The van der Waals surface area contributed by atoms with Gasteiger partial charge in [0, 0.05) is 38.2 Å². The smallest absolute Gasteiger partial charge is 0.185 e. The summed E-state index contributed by atoms with van der Waals surface area (Å²) in [5.41, 5.74) is 1.08. The standard InChI is InChI=1S/C14H25N3OS/c1-10(2)15-7-13-12(9-18-4)16-14(19-13)17(3)8-11-5-6-11/h10-11,15H,5-9H2,1-4H3. The lowest BCUT2D eigenvalue weighted by atomic mass is 10.3. The molecule has 0 spiro atoms. The van der Waals surface area contributed by atoms with E-state index in [0.717, 1.165) is 29.8 Å². The Hall–Kier alpha value is -0.650. The van der Waals surface area contributed by atoms with E-state index < -0.39 is 0 Å². The van der Waals surface area contributed by atoms with E-state index in [1.54, 1.807) is 18.4 Å². The number of thiazole rings is 1. The molecule has 1 aromatic rings. The van der Waals surface area contributed by atoms with Gasteiger partial charge in [-0.1, -0.05) is 13.8 Å². The Morgan fingerprint density at radius 1 is 1.47 bits per heavy atom. The second kappa shape index (κ2) is 6.68. The first-order valence-corrected chi connectivity index (χ1v) is 7.83. The SMILES string of the molecule is COCc1nc(N(C)CC2CC2)sc1CNC(C)C. The topological polar surface area (TPSA) is 37.4 Å². The molecule has 19 heavy (non-hydrogen) atoms. The fourth-order valence-corrected chi connectivity index (χ4v) is 2.97. The van der Waals surface area contributed by atoms with Crippen molar-refractivity contribution < 1.29 is 4.74 Å². The predicted octanol–water partition coefficient (Wildman–Crippen LogP) is 2.63. The van der Waals surface area contributed by atoms with E-state index in [-0.39, 0.29) is 0 Å². The van der Waals surface area contributed by atoms with Gasteiger partial charge in [-0.2, -0.15) is 0 Å². The molecule has 4 nitrogen and oxygen atoms in total. The molecule has 1 saturated carbocycles. The molecule has 108 valence electrons. The minimum absolute atomic E-state index is 0.491. The molecule has 0 bridgehead atoms. The normalized spacial score (nSPS) is 15.2. The number of methoxy groups -OCH3 is 1. The number of hydrogen-bond acceptors (Lipinski definition) is 5. The zero-order valence-electron chi connectivity index (χ0n) is 12.4. The maximum absolute atomic E-state index is 5.26. The van der Waals surface area contributed by atoms with Gasteiger partial charge in [0.1, 0.15) is 0 Å². The van der Waals surface area contributed by atoms with Crippen molar-refractivity contribution in [3.63, 3.8) is 0 Å². The molecule has 5 heteroatoms. The molecule has 1 heterocycles. The summed E-state index contributed by atoms with van der Waals surface area (Å²) in [6.45, 7) is 6.94. The Kier molecular flexibility index (Phi) is 5.19. The summed E-state index contributed by atoms with van der Waals surface area (Å²) < 4.78 is 5.26. The van der Waals surface area contributed by atoms with Crippen LogP contribution in [0.2, 0.25) is 0 Å². The summed E-state index contributed by atoms with van der Waals surface area (Å²) in [4.78, 5) is 8.33. The van der Waals surface area contributed by atoms with Gasteiger partial charge in [0.2, 0.25) is 0 Å². The lowest BCUT2D eigenvalue weighted by molar-refractivity contribution is 0.181. The van der Waals surface area contributed by atoms with Crippen LogP contribution in [0.1, 0.15) is 37.3 Å². The minimum Gasteiger partial charge on any atom is -0.378 e. The molecule has 0 amide bonds. The molecule has 0 atom stereocenters. The van der Waals surface area contributed by atoms with Gasteiger partial charge in [0.05, 0.1) is 12.3 Å². The Morgan fingerprint density at radius 2 is 2.21 bits per heavy atom. The number of nitrogens with zero attached hydrogens (tertiary/aromatic N) is 2. The van der Waals surface area contributed by atoms with Gasteiger partial charge in [-0.3, -0.25) is 0 Å². The Bertz CT molecular complexity index is 401. The third-order valence-electron chi connectivity index (χ3n) is 3.27. The number of hydrogen-bond donors (Lipinski definition) is 1. The van der Waals surface area contributed by atoms with Crippen molar-refractivity contribution in [1.29, 1.82) is 0 Å². The molecule has 0 saturated heterocycles. The van der Waals surface area contributed by atoms with Crippen LogP contribution in [0.4, 0.5) is 5.13 Å². The number of anilines is 1. The maximum Gasteiger partial charge on any atom is 0.185 e. The van der Waals surface area contributed by atoms with Crippen molar-refractivity contribution in [3.05, 3.63) is 10.6 Å². The van der Waals surface area contributed by atoms with E-state index in [1.165, 1.54) is 17.7 Å². The molecule has 0 aromatic carbocycles. The number of ether oxygens (including phenoxy) is 1. The highest BCUT2D eigenvalue weighted by atomic mass is 32.1. The lowest BCUT2D eigenvalue weighted by Crippen LogP contribution is -2.21. The van der Waals surface area contributed by atoms with Gasteiger partial charge in [-0.25, -0.2) is 4.98 Å². The second-order valence-electron chi connectivity index (χ2n) is 5.66. The van der Waals surface area contributed by atoms with Crippen LogP contribution in [-0.2, 0) is 17.9 Å². The molecule has 1 N–H and O–H groups in total. The Balaban J connectivity index is 2.03. The van der Waals surface area contributed by atoms with Crippen molar-refractivity contribution in [2.24, 2.45) is 5.92 Å². The van der Waals surface area contributed by atoms with Crippen LogP contribution >= 0.6 is 11.3 Å². The van der Waals surface area contributed by atoms with E-state index in [1.807, 2.05) is 0 Å². The summed E-state index contributed by atoms with van der Waals surface area (Å²) in [6.07, 6.45) is 2.75. The van der Waals surface area contributed by atoms with Crippen molar-refractivity contribution in [2.45, 2.75) is 45.9 Å². The monoisotopic (exact) mass is 283 g/mol. The zero-order chi connectivity index (χ0) is 13.8. The summed E-state index contributed by atoms with van der Waals surface area (Å²) in [6, 6.07) is 0.491. The van der Waals surface area contributed by atoms with Crippen LogP contribution in [0, 0.1) is 5.92 Å². The molecule has 1 aromatic heterocycles. The molecule has 2 rings (SSSR count). The Labute approximate surface area is 120 Å². The first-order valence-electron chi connectivity index (χ1n) is 7.02. The predicted molar refractivity (Wildman–Crippen MR) is 80.8 cm³/mol. The quantitative estimate of drug-likeness (QED) is 0.796. The highest BCUT2D eigenvalue weighted by Crippen LogP contribution is 2.33. The summed E-state index contributed by atoms with van der Waals surface area (Å²) in [5.74, 6) is 0.886. The fourth-order valence-electron chi connectivity index (χ4n) is 1.98. The van der Waals surface area contributed by atoms with E-state index in [2.05, 4.69) is 31.1 Å². The number of rotatable bonds is 8. The first-order chi connectivity index (χ1) is 9.10. The van der Waals surface area contributed by atoms with E-state index >= 15 is 0 Å². The third-order valence-corrected chi connectivity index (χ3v) is 4.49. The molecule has 0 aliphatic heterocycles. The lowest BCUT2D eigenvalue weighted by Gasteiger charge is -2.14. The van der Waals surface area contributed by atoms with E-state index in [9.17, 15) is 0 Å². The highest BCUT2D eigenvalue weighted by Gasteiger charge is 2.24. The molecule has 1 aliphatic rings. The molecule has 1 fully saturated rings. The summed E-state index contributed by atoms with van der Waals surface area (Å²) in [5, 5.41) is 4.59. The summed E-state index contributed by atoms with van der Waals surface area (Å²) >= 11 is 1.79.